The van der Waals surface area contributed by atoms with Crippen molar-refractivity contribution in [2.45, 2.75) is 13.5 Å². The van der Waals surface area contributed by atoms with Gasteiger partial charge in [-0.25, -0.2) is 8.42 Å². The number of rotatable bonds is 7. The van der Waals surface area contributed by atoms with Gasteiger partial charge in [0.25, 0.3) is 0 Å². The standard InChI is InChI=1S/C22H27N3O4S/c1-18-7-9-20(10-8-18)23-21(26)16-30(28,29)17-22(27)25-13-11-24(12-14-25)15-19-5-3-2-4-6-19/h2-10H,11-17H2,1H3,(H,23,26). The molecule has 0 radical (unpaired) electrons. The molecular formula is C22H27N3O4S. The summed E-state index contributed by atoms with van der Waals surface area (Å²) in [6.07, 6.45) is 0. The van der Waals surface area contributed by atoms with Crippen molar-refractivity contribution in [2.24, 2.45) is 0 Å². The normalized spacial score (nSPS) is 15.0. The van der Waals surface area contributed by atoms with Crippen molar-refractivity contribution < 1.29 is 18.0 Å². The van der Waals surface area contributed by atoms with Crippen LogP contribution in [0.15, 0.2) is 54.6 Å². The maximum atomic E-state index is 12.5. The number of amides is 2. The average Bonchev–Trinajstić information content (AvgIpc) is 2.70. The number of piperazine rings is 1. The van der Waals surface area contributed by atoms with Gasteiger partial charge in [0.05, 0.1) is 0 Å². The first-order valence-corrected chi connectivity index (χ1v) is 11.7. The molecule has 2 aromatic carbocycles. The summed E-state index contributed by atoms with van der Waals surface area (Å²) in [5.74, 6) is -2.44. The summed E-state index contributed by atoms with van der Waals surface area (Å²) < 4.78 is 24.7. The van der Waals surface area contributed by atoms with Gasteiger partial charge >= 0.3 is 0 Å². The second-order valence-electron chi connectivity index (χ2n) is 7.59. The first-order valence-electron chi connectivity index (χ1n) is 9.92. The van der Waals surface area contributed by atoms with Crippen molar-refractivity contribution in [1.82, 2.24) is 9.80 Å². The Labute approximate surface area is 177 Å². The van der Waals surface area contributed by atoms with E-state index in [9.17, 15) is 18.0 Å². The highest BCUT2D eigenvalue weighted by atomic mass is 32.2. The maximum absolute atomic E-state index is 12.5. The number of nitrogens with zero attached hydrogens (tertiary/aromatic N) is 2. The smallest absolute Gasteiger partial charge is 0.239 e. The molecule has 160 valence electrons. The van der Waals surface area contributed by atoms with Crippen molar-refractivity contribution >= 4 is 27.3 Å². The molecule has 1 N–H and O–H groups in total. The minimum atomic E-state index is -3.84. The summed E-state index contributed by atoms with van der Waals surface area (Å²) >= 11 is 0. The third-order valence-corrected chi connectivity index (χ3v) is 6.39. The summed E-state index contributed by atoms with van der Waals surface area (Å²) in [6.45, 7) is 5.07. The number of benzene rings is 2. The van der Waals surface area contributed by atoms with Crippen LogP contribution >= 0.6 is 0 Å². The Morgan fingerprint density at radius 3 is 2.17 bits per heavy atom. The van der Waals surface area contributed by atoms with Crippen LogP contribution in [0.25, 0.3) is 0 Å². The van der Waals surface area contributed by atoms with Gasteiger partial charge in [-0.2, -0.15) is 0 Å². The first-order chi connectivity index (χ1) is 14.3. The van der Waals surface area contributed by atoms with Crippen LogP contribution in [0.2, 0.25) is 0 Å². The van der Waals surface area contributed by atoms with Crippen LogP contribution in [-0.4, -0.2) is 67.7 Å². The Bertz CT molecular complexity index is 967. The van der Waals surface area contributed by atoms with Gasteiger partial charge in [-0.3, -0.25) is 14.5 Å². The van der Waals surface area contributed by atoms with Crippen molar-refractivity contribution in [3.8, 4) is 0 Å². The Morgan fingerprint density at radius 1 is 0.900 bits per heavy atom. The van der Waals surface area contributed by atoms with E-state index in [4.69, 9.17) is 0 Å². The van der Waals surface area contributed by atoms with Crippen LogP contribution in [0, 0.1) is 6.92 Å². The third kappa shape index (κ3) is 6.67. The number of carbonyl (C=O) groups is 2. The van der Waals surface area contributed by atoms with E-state index < -0.39 is 33.2 Å². The number of aryl methyl sites for hydroxylation is 1. The van der Waals surface area contributed by atoms with Crippen LogP contribution in [0.4, 0.5) is 5.69 Å². The van der Waals surface area contributed by atoms with Crippen molar-refractivity contribution in [3.63, 3.8) is 0 Å². The lowest BCUT2D eigenvalue weighted by atomic mass is 10.2. The minimum absolute atomic E-state index is 0.447. The molecule has 0 unspecified atom stereocenters. The van der Waals surface area contributed by atoms with E-state index in [0.717, 1.165) is 12.1 Å². The van der Waals surface area contributed by atoms with Crippen LogP contribution in [0.3, 0.4) is 0 Å². The van der Waals surface area contributed by atoms with E-state index >= 15 is 0 Å². The van der Waals surface area contributed by atoms with Crippen LogP contribution in [-0.2, 0) is 26.0 Å². The quantitative estimate of drug-likeness (QED) is 0.724. The zero-order valence-corrected chi connectivity index (χ0v) is 17.9. The van der Waals surface area contributed by atoms with E-state index in [1.807, 2.05) is 37.3 Å². The Balaban J connectivity index is 1.45. The number of carbonyl (C=O) groups excluding carboxylic acids is 2. The summed E-state index contributed by atoms with van der Waals surface area (Å²) in [4.78, 5) is 28.3. The molecular weight excluding hydrogens is 402 g/mol. The molecule has 7 nitrogen and oxygen atoms in total. The second-order valence-corrected chi connectivity index (χ2v) is 9.65. The molecule has 30 heavy (non-hydrogen) atoms. The first kappa shape index (κ1) is 22.0. The Morgan fingerprint density at radius 2 is 1.53 bits per heavy atom. The third-order valence-electron chi connectivity index (χ3n) is 5.00. The molecule has 3 rings (SSSR count). The predicted molar refractivity (Wildman–Crippen MR) is 117 cm³/mol. The van der Waals surface area contributed by atoms with E-state index in [1.165, 1.54) is 5.56 Å². The average molecular weight is 430 g/mol. The lowest BCUT2D eigenvalue weighted by Crippen LogP contribution is -2.50. The molecule has 0 saturated carbocycles. The topological polar surface area (TPSA) is 86.8 Å². The molecule has 8 heteroatoms. The van der Waals surface area contributed by atoms with Gasteiger partial charge in [0.15, 0.2) is 9.84 Å². The van der Waals surface area contributed by atoms with Crippen molar-refractivity contribution in [1.29, 1.82) is 0 Å². The second kappa shape index (κ2) is 9.86. The highest BCUT2D eigenvalue weighted by Crippen LogP contribution is 2.11. The van der Waals surface area contributed by atoms with Gasteiger partial charge in [0.1, 0.15) is 11.5 Å². The molecule has 0 bridgehead atoms. The molecule has 1 aliphatic rings. The Hall–Kier alpha value is -2.71. The van der Waals surface area contributed by atoms with Crippen molar-refractivity contribution in [2.75, 3.05) is 43.0 Å². The fourth-order valence-corrected chi connectivity index (χ4v) is 4.49. The predicted octanol–water partition coefficient (Wildman–Crippen LogP) is 1.69. The zero-order chi connectivity index (χ0) is 21.6. The van der Waals surface area contributed by atoms with Gasteiger partial charge < -0.3 is 10.2 Å². The monoisotopic (exact) mass is 429 g/mol. The molecule has 0 atom stereocenters. The van der Waals surface area contributed by atoms with Gasteiger partial charge in [0.2, 0.25) is 11.8 Å². The molecule has 1 aliphatic heterocycles. The molecule has 1 heterocycles. The van der Waals surface area contributed by atoms with Gasteiger partial charge in [-0.15, -0.1) is 0 Å². The highest BCUT2D eigenvalue weighted by molar-refractivity contribution is 7.92. The van der Waals surface area contributed by atoms with E-state index in [0.29, 0.717) is 31.9 Å². The Kier molecular flexibility index (Phi) is 7.23. The molecule has 2 amide bonds. The molecule has 0 aliphatic carbocycles. The number of hydrogen-bond acceptors (Lipinski definition) is 5. The van der Waals surface area contributed by atoms with Gasteiger partial charge in [-0.1, -0.05) is 48.0 Å². The molecule has 0 aromatic heterocycles. The molecule has 1 fully saturated rings. The van der Waals surface area contributed by atoms with E-state index in [1.54, 1.807) is 17.0 Å². The molecule has 0 spiro atoms. The van der Waals surface area contributed by atoms with E-state index in [-0.39, 0.29) is 0 Å². The van der Waals surface area contributed by atoms with Gasteiger partial charge in [-0.05, 0) is 24.6 Å². The molecule has 2 aromatic rings. The van der Waals surface area contributed by atoms with Crippen LogP contribution in [0.1, 0.15) is 11.1 Å². The largest absolute Gasteiger partial charge is 0.339 e. The van der Waals surface area contributed by atoms with E-state index in [2.05, 4.69) is 22.3 Å². The fraction of sp³-hybridized carbons (Fsp3) is 0.364. The summed E-state index contributed by atoms with van der Waals surface area (Å²) in [7, 11) is -3.84. The number of sulfone groups is 1. The number of hydrogen-bond donors (Lipinski definition) is 1. The lowest BCUT2D eigenvalue weighted by molar-refractivity contribution is -0.130. The highest BCUT2D eigenvalue weighted by Gasteiger charge is 2.27. The van der Waals surface area contributed by atoms with Crippen molar-refractivity contribution in [3.05, 3.63) is 65.7 Å². The SMILES string of the molecule is Cc1ccc(NC(=O)CS(=O)(=O)CC(=O)N2CCN(Cc3ccccc3)CC2)cc1. The summed E-state index contributed by atoms with van der Waals surface area (Å²) in [5.41, 5.74) is 2.77. The number of anilines is 1. The molecule has 1 saturated heterocycles. The number of nitrogens with one attached hydrogen (secondary N) is 1. The van der Waals surface area contributed by atoms with Gasteiger partial charge in [0, 0.05) is 38.4 Å². The van der Waals surface area contributed by atoms with Crippen LogP contribution < -0.4 is 5.32 Å². The lowest BCUT2D eigenvalue weighted by Gasteiger charge is -2.34. The zero-order valence-electron chi connectivity index (χ0n) is 17.1. The minimum Gasteiger partial charge on any atom is -0.339 e. The fourth-order valence-electron chi connectivity index (χ4n) is 3.36. The summed E-state index contributed by atoms with van der Waals surface area (Å²) in [5, 5.41) is 2.56. The maximum Gasteiger partial charge on any atom is 0.239 e. The van der Waals surface area contributed by atoms with Crippen LogP contribution in [0.5, 0.6) is 0 Å². The summed E-state index contributed by atoms with van der Waals surface area (Å²) in [6, 6.07) is 17.2.